The lowest BCUT2D eigenvalue weighted by molar-refractivity contribution is 0.224. The van der Waals surface area contributed by atoms with E-state index in [0.717, 1.165) is 17.1 Å². The maximum atomic E-state index is 11.6. The van der Waals surface area contributed by atoms with Gasteiger partial charge in [0.15, 0.2) is 0 Å². The van der Waals surface area contributed by atoms with Crippen LogP contribution in [0.3, 0.4) is 0 Å². The summed E-state index contributed by atoms with van der Waals surface area (Å²) in [5.74, 6) is 0. The Bertz CT molecular complexity index is 363. The molecule has 4 nitrogen and oxygen atoms in total. The number of aryl methyl sites for hydroxylation is 2. The van der Waals surface area contributed by atoms with E-state index in [4.69, 9.17) is 0 Å². The number of amides is 2. The highest BCUT2D eigenvalue weighted by molar-refractivity contribution is 5.89. The number of hydrogen-bond donors (Lipinski definition) is 1. The average molecular weight is 207 g/mol. The molecule has 4 heteroatoms. The fourth-order valence-electron chi connectivity index (χ4n) is 1.17. The Balaban J connectivity index is 2.77. The smallest absolute Gasteiger partial charge is 0.321 e. The fourth-order valence-corrected chi connectivity index (χ4v) is 1.17. The SMILES string of the molecule is CCN(C)C(=O)Nc1ccc(C)nc1C. The maximum Gasteiger partial charge on any atom is 0.321 e. The van der Waals surface area contributed by atoms with Crippen molar-refractivity contribution in [1.29, 1.82) is 0 Å². The first-order valence-electron chi connectivity index (χ1n) is 5.01. The van der Waals surface area contributed by atoms with Gasteiger partial charge in [0, 0.05) is 19.3 Å². The molecule has 15 heavy (non-hydrogen) atoms. The molecule has 0 aromatic carbocycles. The van der Waals surface area contributed by atoms with Crippen LogP contribution in [0, 0.1) is 13.8 Å². The molecule has 1 aromatic heterocycles. The summed E-state index contributed by atoms with van der Waals surface area (Å²) in [4.78, 5) is 17.5. The Morgan fingerprint density at radius 1 is 1.47 bits per heavy atom. The van der Waals surface area contributed by atoms with Gasteiger partial charge in [-0.1, -0.05) is 0 Å². The molecule has 1 aromatic rings. The van der Waals surface area contributed by atoms with Crippen molar-refractivity contribution in [2.75, 3.05) is 18.9 Å². The zero-order valence-electron chi connectivity index (χ0n) is 9.66. The van der Waals surface area contributed by atoms with E-state index >= 15 is 0 Å². The van der Waals surface area contributed by atoms with Crippen molar-refractivity contribution in [2.45, 2.75) is 20.8 Å². The summed E-state index contributed by atoms with van der Waals surface area (Å²) in [5, 5.41) is 2.81. The van der Waals surface area contributed by atoms with Gasteiger partial charge >= 0.3 is 6.03 Å². The average Bonchev–Trinajstić information content (AvgIpc) is 2.20. The van der Waals surface area contributed by atoms with Gasteiger partial charge in [-0.15, -0.1) is 0 Å². The molecule has 82 valence electrons. The first-order chi connectivity index (χ1) is 7.04. The number of urea groups is 1. The number of nitrogens with zero attached hydrogens (tertiary/aromatic N) is 2. The molecule has 0 aliphatic rings. The minimum absolute atomic E-state index is 0.105. The van der Waals surface area contributed by atoms with Crippen LogP contribution in [-0.2, 0) is 0 Å². The zero-order valence-corrected chi connectivity index (χ0v) is 9.66. The summed E-state index contributed by atoms with van der Waals surface area (Å²) < 4.78 is 0. The highest BCUT2D eigenvalue weighted by Crippen LogP contribution is 2.12. The Morgan fingerprint density at radius 2 is 2.13 bits per heavy atom. The molecule has 1 rings (SSSR count). The van der Waals surface area contributed by atoms with Gasteiger partial charge in [-0.25, -0.2) is 4.79 Å². The summed E-state index contributed by atoms with van der Waals surface area (Å²) in [5.41, 5.74) is 2.56. The minimum atomic E-state index is -0.105. The van der Waals surface area contributed by atoms with Gasteiger partial charge in [-0.2, -0.15) is 0 Å². The van der Waals surface area contributed by atoms with Crippen LogP contribution in [0.4, 0.5) is 10.5 Å². The molecule has 0 unspecified atom stereocenters. The molecule has 0 saturated heterocycles. The lowest BCUT2D eigenvalue weighted by Gasteiger charge is -2.16. The molecule has 0 atom stereocenters. The molecule has 2 amide bonds. The molecule has 0 fully saturated rings. The Hall–Kier alpha value is -1.58. The van der Waals surface area contributed by atoms with Gasteiger partial charge in [0.05, 0.1) is 11.4 Å². The highest BCUT2D eigenvalue weighted by Gasteiger charge is 2.08. The van der Waals surface area contributed by atoms with Crippen LogP contribution in [-0.4, -0.2) is 29.5 Å². The number of hydrogen-bond acceptors (Lipinski definition) is 2. The minimum Gasteiger partial charge on any atom is -0.328 e. The zero-order chi connectivity index (χ0) is 11.4. The number of carbonyl (C=O) groups is 1. The van der Waals surface area contributed by atoms with Gasteiger partial charge in [-0.05, 0) is 32.9 Å². The summed E-state index contributed by atoms with van der Waals surface area (Å²) in [7, 11) is 1.76. The van der Waals surface area contributed by atoms with Crippen molar-refractivity contribution in [1.82, 2.24) is 9.88 Å². The predicted molar refractivity (Wildman–Crippen MR) is 61.0 cm³/mol. The fraction of sp³-hybridized carbons (Fsp3) is 0.455. The lowest BCUT2D eigenvalue weighted by Crippen LogP contribution is -2.31. The number of pyridine rings is 1. The molecule has 0 spiro atoms. The normalized spacial score (nSPS) is 9.87. The molecule has 0 aliphatic carbocycles. The van der Waals surface area contributed by atoms with Crippen LogP contribution in [0.2, 0.25) is 0 Å². The van der Waals surface area contributed by atoms with Crippen LogP contribution >= 0.6 is 0 Å². The van der Waals surface area contributed by atoms with E-state index in [9.17, 15) is 4.79 Å². The van der Waals surface area contributed by atoms with E-state index in [1.165, 1.54) is 0 Å². The Labute approximate surface area is 90.3 Å². The van der Waals surface area contributed by atoms with Gasteiger partial charge in [0.1, 0.15) is 0 Å². The second-order valence-corrected chi connectivity index (χ2v) is 3.53. The molecule has 0 bridgehead atoms. The largest absolute Gasteiger partial charge is 0.328 e. The number of aromatic nitrogens is 1. The topological polar surface area (TPSA) is 45.2 Å². The Morgan fingerprint density at radius 3 is 2.67 bits per heavy atom. The van der Waals surface area contributed by atoms with Gasteiger partial charge in [-0.3, -0.25) is 4.98 Å². The van der Waals surface area contributed by atoms with E-state index < -0.39 is 0 Å². The second kappa shape index (κ2) is 4.77. The van der Waals surface area contributed by atoms with Crippen molar-refractivity contribution in [3.63, 3.8) is 0 Å². The van der Waals surface area contributed by atoms with Crippen LogP contribution in [0.15, 0.2) is 12.1 Å². The monoisotopic (exact) mass is 207 g/mol. The second-order valence-electron chi connectivity index (χ2n) is 3.53. The third-order valence-electron chi connectivity index (χ3n) is 2.29. The standard InChI is InChI=1S/C11H17N3O/c1-5-14(4)11(15)13-10-7-6-8(2)12-9(10)3/h6-7H,5H2,1-4H3,(H,13,15). The van der Waals surface area contributed by atoms with Gasteiger partial charge < -0.3 is 10.2 Å². The number of carbonyl (C=O) groups excluding carboxylic acids is 1. The van der Waals surface area contributed by atoms with Gasteiger partial charge in [0.2, 0.25) is 0 Å². The third-order valence-corrected chi connectivity index (χ3v) is 2.29. The molecule has 0 saturated carbocycles. The highest BCUT2D eigenvalue weighted by atomic mass is 16.2. The van der Waals surface area contributed by atoms with Crippen LogP contribution in [0.5, 0.6) is 0 Å². The van der Waals surface area contributed by atoms with E-state index in [1.807, 2.05) is 32.9 Å². The molecular weight excluding hydrogens is 190 g/mol. The van der Waals surface area contributed by atoms with Crippen molar-refractivity contribution in [3.05, 3.63) is 23.5 Å². The predicted octanol–water partition coefficient (Wildman–Crippen LogP) is 2.18. The Kier molecular flexibility index (Phi) is 3.66. The molecule has 1 heterocycles. The van der Waals surface area contributed by atoms with Gasteiger partial charge in [0.25, 0.3) is 0 Å². The van der Waals surface area contributed by atoms with Crippen molar-refractivity contribution >= 4 is 11.7 Å². The van der Waals surface area contributed by atoms with Crippen molar-refractivity contribution in [3.8, 4) is 0 Å². The lowest BCUT2D eigenvalue weighted by atomic mass is 10.3. The third kappa shape index (κ3) is 2.94. The summed E-state index contributed by atoms with van der Waals surface area (Å²) in [6.07, 6.45) is 0. The van der Waals surface area contributed by atoms with E-state index in [-0.39, 0.29) is 6.03 Å². The van der Waals surface area contributed by atoms with E-state index in [1.54, 1.807) is 11.9 Å². The number of rotatable bonds is 2. The summed E-state index contributed by atoms with van der Waals surface area (Å²) in [6, 6.07) is 3.65. The molecule has 0 aliphatic heterocycles. The van der Waals surface area contributed by atoms with Crippen LogP contribution in [0.1, 0.15) is 18.3 Å². The summed E-state index contributed by atoms with van der Waals surface area (Å²) in [6.45, 7) is 6.43. The first-order valence-corrected chi connectivity index (χ1v) is 5.01. The van der Waals surface area contributed by atoms with E-state index in [2.05, 4.69) is 10.3 Å². The number of nitrogens with one attached hydrogen (secondary N) is 1. The summed E-state index contributed by atoms with van der Waals surface area (Å²) >= 11 is 0. The van der Waals surface area contributed by atoms with Crippen LogP contribution in [0.25, 0.3) is 0 Å². The molecule has 0 radical (unpaired) electrons. The quantitative estimate of drug-likeness (QED) is 0.807. The van der Waals surface area contributed by atoms with Crippen molar-refractivity contribution < 1.29 is 4.79 Å². The first kappa shape index (κ1) is 11.5. The molecule has 1 N–H and O–H groups in total. The molecular formula is C11H17N3O. The van der Waals surface area contributed by atoms with Crippen LogP contribution < -0.4 is 5.32 Å². The van der Waals surface area contributed by atoms with E-state index in [0.29, 0.717) is 6.54 Å². The number of anilines is 1. The maximum absolute atomic E-state index is 11.6. The van der Waals surface area contributed by atoms with Crippen molar-refractivity contribution in [2.24, 2.45) is 0 Å².